The fourth-order valence-electron chi connectivity index (χ4n) is 2.18. The zero-order valence-corrected chi connectivity index (χ0v) is 12.3. The van der Waals surface area contributed by atoms with Crippen LogP contribution in [0.15, 0.2) is 22.7 Å². The van der Waals surface area contributed by atoms with Gasteiger partial charge in [0.25, 0.3) is 0 Å². The standard InChI is InChI=1S/C14H20BrNO2/c1-17-13-2-3-14(15)12(8-13)10-18-7-5-11-4-6-16-9-11/h2-3,8,11,16H,4-7,9-10H2,1H3. The molecule has 1 aliphatic heterocycles. The Hall–Kier alpha value is -0.580. The van der Waals surface area contributed by atoms with E-state index in [2.05, 4.69) is 21.2 Å². The topological polar surface area (TPSA) is 30.5 Å². The van der Waals surface area contributed by atoms with E-state index in [1.54, 1.807) is 7.11 Å². The molecule has 0 saturated carbocycles. The molecule has 0 aromatic heterocycles. The van der Waals surface area contributed by atoms with Crippen LogP contribution in [-0.4, -0.2) is 26.8 Å². The summed E-state index contributed by atoms with van der Waals surface area (Å²) in [6.07, 6.45) is 2.43. The average Bonchev–Trinajstić information content (AvgIpc) is 2.89. The second kappa shape index (κ2) is 7.12. The van der Waals surface area contributed by atoms with Gasteiger partial charge in [-0.1, -0.05) is 15.9 Å². The molecule has 1 aliphatic rings. The first-order chi connectivity index (χ1) is 8.79. The highest BCUT2D eigenvalue weighted by Crippen LogP contribution is 2.23. The maximum absolute atomic E-state index is 5.75. The van der Waals surface area contributed by atoms with Crippen LogP contribution in [0, 0.1) is 5.92 Å². The van der Waals surface area contributed by atoms with E-state index in [1.165, 1.54) is 6.42 Å². The Kier molecular flexibility index (Phi) is 5.47. The number of benzene rings is 1. The van der Waals surface area contributed by atoms with Crippen molar-refractivity contribution in [3.05, 3.63) is 28.2 Å². The van der Waals surface area contributed by atoms with Crippen molar-refractivity contribution in [3.8, 4) is 5.75 Å². The molecule has 18 heavy (non-hydrogen) atoms. The molecule has 1 aromatic carbocycles. The van der Waals surface area contributed by atoms with Gasteiger partial charge >= 0.3 is 0 Å². The number of hydrogen-bond donors (Lipinski definition) is 1. The highest BCUT2D eigenvalue weighted by molar-refractivity contribution is 9.10. The fraction of sp³-hybridized carbons (Fsp3) is 0.571. The molecule has 0 spiro atoms. The van der Waals surface area contributed by atoms with Crippen LogP contribution in [0.2, 0.25) is 0 Å². The molecule has 1 fully saturated rings. The molecule has 4 heteroatoms. The SMILES string of the molecule is COc1ccc(Br)c(COCCC2CCNC2)c1. The lowest BCUT2D eigenvalue weighted by atomic mass is 10.1. The molecule has 0 bridgehead atoms. The fourth-order valence-corrected chi connectivity index (χ4v) is 2.54. The third-order valence-electron chi connectivity index (χ3n) is 3.34. The van der Waals surface area contributed by atoms with E-state index in [0.717, 1.165) is 47.8 Å². The van der Waals surface area contributed by atoms with Crippen LogP contribution in [0.1, 0.15) is 18.4 Å². The number of rotatable bonds is 6. The quantitative estimate of drug-likeness (QED) is 0.819. The van der Waals surface area contributed by atoms with Gasteiger partial charge in [-0.05, 0) is 55.6 Å². The van der Waals surface area contributed by atoms with Crippen LogP contribution in [0.25, 0.3) is 0 Å². The second-order valence-electron chi connectivity index (χ2n) is 4.66. The summed E-state index contributed by atoms with van der Waals surface area (Å²) in [6, 6.07) is 5.96. The van der Waals surface area contributed by atoms with Crippen LogP contribution in [-0.2, 0) is 11.3 Å². The van der Waals surface area contributed by atoms with Crippen molar-refractivity contribution in [1.82, 2.24) is 5.32 Å². The molecule has 100 valence electrons. The van der Waals surface area contributed by atoms with Gasteiger partial charge in [0, 0.05) is 11.1 Å². The summed E-state index contributed by atoms with van der Waals surface area (Å²) in [5.41, 5.74) is 1.14. The highest BCUT2D eigenvalue weighted by atomic mass is 79.9. The van der Waals surface area contributed by atoms with Crippen LogP contribution in [0.3, 0.4) is 0 Å². The van der Waals surface area contributed by atoms with E-state index in [1.807, 2.05) is 18.2 Å². The predicted octanol–water partition coefficient (Wildman–Crippen LogP) is 2.97. The third-order valence-corrected chi connectivity index (χ3v) is 4.12. The Morgan fingerprint density at radius 1 is 1.44 bits per heavy atom. The zero-order chi connectivity index (χ0) is 12.8. The molecule has 1 N–H and O–H groups in total. The van der Waals surface area contributed by atoms with E-state index >= 15 is 0 Å². The van der Waals surface area contributed by atoms with Crippen LogP contribution in [0.4, 0.5) is 0 Å². The van der Waals surface area contributed by atoms with Crippen molar-refractivity contribution >= 4 is 15.9 Å². The monoisotopic (exact) mass is 313 g/mol. The van der Waals surface area contributed by atoms with E-state index < -0.39 is 0 Å². The summed E-state index contributed by atoms with van der Waals surface area (Å²) >= 11 is 3.53. The van der Waals surface area contributed by atoms with Gasteiger partial charge in [-0.3, -0.25) is 0 Å². The van der Waals surface area contributed by atoms with Gasteiger partial charge in [0.05, 0.1) is 13.7 Å². The smallest absolute Gasteiger partial charge is 0.119 e. The van der Waals surface area contributed by atoms with Crippen molar-refractivity contribution < 1.29 is 9.47 Å². The van der Waals surface area contributed by atoms with Gasteiger partial charge in [0.15, 0.2) is 0 Å². The van der Waals surface area contributed by atoms with Gasteiger partial charge in [-0.25, -0.2) is 0 Å². The van der Waals surface area contributed by atoms with E-state index in [4.69, 9.17) is 9.47 Å². The molecule has 3 nitrogen and oxygen atoms in total. The molecule has 0 aliphatic carbocycles. The summed E-state index contributed by atoms with van der Waals surface area (Å²) in [5.74, 6) is 1.66. The average molecular weight is 314 g/mol. The van der Waals surface area contributed by atoms with Crippen molar-refractivity contribution in [2.24, 2.45) is 5.92 Å². The van der Waals surface area contributed by atoms with Gasteiger partial charge < -0.3 is 14.8 Å². The Labute approximate surface area is 117 Å². The molecule has 0 amide bonds. The van der Waals surface area contributed by atoms with E-state index in [9.17, 15) is 0 Å². The summed E-state index contributed by atoms with van der Waals surface area (Å²) in [5, 5.41) is 3.38. The van der Waals surface area contributed by atoms with Gasteiger partial charge in [-0.2, -0.15) is 0 Å². The summed E-state index contributed by atoms with van der Waals surface area (Å²) < 4.78 is 12.0. The molecule has 1 atom stereocenters. The minimum Gasteiger partial charge on any atom is -0.497 e. The molecule has 1 aromatic rings. The number of nitrogens with one attached hydrogen (secondary N) is 1. The molecule has 0 radical (unpaired) electrons. The van der Waals surface area contributed by atoms with Gasteiger partial charge in [0.2, 0.25) is 0 Å². The summed E-state index contributed by atoms with van der Waals surface area (Å²) in [6.45, 7) is 3.77. The van der Waals surface area contributed by atoms with Crippen LogP contribution in [0.5, 0.6) is 5.75 Å². The van der Waals surface area contributed by atoms with Gasteiger partial charge in [0.1, 0.15) is 5.75 Å². The molecule has 1 unspecified atom stereocenters. The lowest BCUT2D eigenvalue weighted by Crippen LogP contribution is -2.10. The predicted molar refractivity (Wildman–Crippen MR) is 75.9 cm³/mol. The lowest BCUT2D eigenvalue weighted by molar-refractivity contribution is 0.108. The minimum absolute atomic E-state index is 0.637. The van der Waals surface area contributed by atoms with Crippen molar-refractivity contribution in [3.63, 3.8) is 0 Å². The van der Waals surface area contributed by atoms with Gasteiger partial charge in [-0.15, -0.1) is 0 Å². The molecule has 1 heterocycles. The number of methoxy groups -OCH3 is 1. The first-order valence-corrected chi connectivity index (χ1v) is 7.20. The Morgan fingerprint density at radius 2 is 2.33 bits per heavy atom. The first-order valence-electron chi connectivity index (χ1n) is 6.40. The van der Waals surface area contributed by atoms with E-state index in [0.29, 0.717) is 6.61 Å². The zero-order valence-electron chi connectivity index (χ0n) is 10.7. The normalized spacial score (nSPS) is 19.1. The molecule has 1 saturated heterocycles. The highest BCUT2D eigenvalue weighted by Gasteiger charge is 2.13. The lowest BCUT2D eigenvalue weighted by Gasteiger charge is -2.10. The Balaban J connectivity index is 1.75. The molecule has 2 rings (SSSR count). The summed E-state index contributed by atoms with van der Waals surface area (Å²) in [7, 11) is 1.68. The first kappa shape index (κ1) is 13.8. The third kappa shape index (κ3) is 3.97. The number of halogens is 1. The summed E-state index contributed by atoms with van der Waals surface area (Å²) in [4.78, 5) is 0. The Morgan fingerprint density at radius 3 is 3.06 bits per heavy atom. The maximum atomic E-state index is 5.75. The van der Waals surface area contributed by atoms with Crippen molar-refractivity contribution in [2.45, 2.75) is 19.4 Å². The van der Waals surface area contributed by atoms with Crippen molar-refractivity contribution in [1.29, 1.82) is 0 Å². The Bertz CT molecular complexity index is 378. The largest absolute Gasteiger partial charge is 0.497 e. The van der Waals surface area contributed by atoms with Crippen molar-refractivity contribution in [2.75, 3.05) is 26.8 Å². The van der Waals surface area contributed by atoms with Crippen LogP contribution >= 0.6 is 15.9 Å². The maximum Gasteiger partial charge on any atom is 0.119 e. The molecular weight excluding hydrogens is 294 g/mol. The molecular formula is C14H20BrNO2. The number of hydrogen-bond acceptors (Lipinski definition) is 3. The minimum atomic E-state index is 0.637. The van der Waals surface area contributed by atoms with E-state index in [-0.39, 0.29) is 0 Å². The second-order valence-corrected chi connectivity index (χ2v) is 5.51. The number of ether oxygens (including phenoxy) is 2. The van der Waals surface area contributed by atoms with Crippen LogP contribution < -0.4 is 10.1 Å².